The SMILES string of the molecule is Cc1nc(Cc2nc(C)c(C(C)C)c(NN)n2)cs1. The van der Waals surface area contributed by atoms with E-state index < -0.39 is 0 Å². The first-order valence-corrected chi connectivity index (χ1v) is 7.14. The molecular weight excluding hydrogens is 258 g/mol. The molecule has 2 aromatic rings. The number of thiazole rings is 1. The number of nitrogens with two attached hydrogens (primary N) is 1. The molecule has 2 heterocycles. The molecule has 0 aliphatic carbocycles. The van der Waals surface area contributed by atoms with Crippen molar-refractivity contribution >= 4 is 17.2 Å². The Morgan fingerprint density at radius 2 is 2.00 bits per heavy atom. The summed E-state index contributed by atoms with van der Waals surface area (Å²) in [6, 6.07) is 0. The lowest BCUT2D eigenvalue weighted by atomic mass is 10.0. The average Bonchev–Trinajstić information content (AvgIpc) is 2.73. The molecule has 6 heteroatoms. The maximum atomic E-state index is 5.57. The van der Waals surface area contributed by atoms with Gasteiger partial charge in [-0.25, -0.2) is 20.8 Å². The van der Waals surface area contributed by atoms with Crippen molar-refractivity contribution in [3.05, 3.63) is 33.2 Å². The smallest absolute Gasteiger partial charge is 0.147 e. The first-order chi connectivity index (χ1) is 9.01. The van der Waals surface area contributed by atoms with Gasteiger partial charge in [0.1, 0.15) is 11.6 Å². The standard InChI is InChI=1S/C13H19N5S/c1-7(2)12-8(3)15-11(17-13(12)18-14)5-10-6-19-9(4)16-10/h6-7H,5,14H2,1-4H3,(H,15,17,18). The summed E-state index contributed by atoms with van der Waals surface area (Å²) in [5.74, 6) is 7.37. The molecule has 0 radical (unpaired) electrons. The Hall–Kier alpha value is -1.53. The zero-order valence-electron chi connectivity index (χ0n) is 11.7. The molecule has 0 aliphatic rings. The van der Waals surface area contributed by atoms with Crippen LogP contribution in [-0.4, -0.2) is 15.0 Å². The summed E-state index contributed by atoms with van der Waals surface area (Å²) in [6.45, 7) is 8.20. The minimum atomic E-state index is 0.335. The third kappa shape index (κ3) is 3.08. The number of hydrogen-bond donors (Lipinski definition) is 2. The number of anilines is 1. The highest BCUT2D eigenvalue weighted by atomic mass is 32.1. The largest absolute Gasteiger partial charge is 0.308 e. The highest BCUT2D eigenvalue weighted by molar-refractivity contribution is 7.09. The van der Waals surface area contributed by atoms with E-state index in [1.54, 1.807) is 11.3 Å². The quantitative estimate of drug-likeness (QED) is 0.663. The van der Waals surface area contributed by atoms with Gasteiger partial charge in [-0.05, 0) is 19.8 Å². The Balaban J connectivity index is 2.35. The van der Waals surface area contributed by atoms with Crippen molar-refractivity contribution in [3.8, 4) is 0 Å². The summed E-state index contributed by atoms with van der Waals surface area (Å²) >= 11 is 1.64. The summed E-state index contributed by atoms with van der Waals surface area (Å²) in [5.41, 5.74) is 5.72. The summed E-state index contributed by atoms with van der Waals surface area (Å²) < 4.78 is 0. The van der Waals surface area contributed by atoms with Crippen molar-refractivity contribution in [1.82, 2.24) is 15.0 Å². The number of nitrogens with one attached hydrogen (secondary N) is 1. The van der Waals surface area contributed by atoms with Gasteiger partial charge in [0.25, 0.3) is 0 Å². The molecule has 0 aliphatic heterocycles. The highest BCUT2D eigenvalue weighted by Gasteiger charge is 2.14. The van der Waals surface area contributed by atoms with E-state index in [1.165, 1.54) is 0 Å². The lowest BCUT2D eigenvalue weighted by Crippen LogP contribution is -2.15. The van der Waals surface area contributed by atoms with Crippen LogP contribution >= 0.6 is 11.3 Å². The van der Waals surface area contributed by atoms with E-state index >= 15 is 0 Å². The second-order valence-corrected chi connectivity index (χ2v) is 5.88. The molecule has 0 saturated heterocycles. The van der Waals surface area contributed by atoms with Gasteiger partial charge in [-0.3, -0.25) is 0 Å². The molecule has 2 rings (SSSR count). The molecule has 3 N–H and O–H groups in total. The Labute approximate surface area is 117 Å². The molecule has 5 nitrogen and oxygen atoms in total. The third-order valence-electron chi connectivity index (χ3n) is 2.90. The summed E-state index contributed by atoms with van der Waals surface area (Å²) in [6.07, 6.45) is 0.637. The molecule has 0 amide bonds. The van der Waals surface area contributed by atoms with Crippen LogP contribution in [0, 0.1) is 13.8 Å². The van der Waals surface area contributed by atoms with Crippen molar-refractivity contribution in [2.24, 2.45) is 5.84 Å². The second kappa shape index (κ2) is 5.63. The topological polar surface area (TPSA) is 76.7 Å². The predicted molar refractivity (Wildman–Crippen MR) is 78.3 cm³/mol. The van der Waals surface area contributed by atoms with Crippen molar-refractivity contribution in [2.75, 3.05) is 5.43 Å². The van der Waals surface area contributed by atoms with Gasteiger partial charge >= 0.3 is 0 Å². The number of rotatable bonds is 4. The number of aromatic nitrogens is 3. The van der Waals surface area contributed by atoms with Crippen LogP contribution < -0.4 is 11.3 Å². The van der Waals surface area contributed by atoms with Crippen LogP contribution in [0.4, 0.5) is 5.82 Å². The fraction of sp³-hybridized carbons (Fsp3) is 0.462. The van der Waals surface area contributed by atoms with Crippen LogP contribution in [-0.2, 0) is 6.42 Å². The van der Waals surface area contributed by atoms with Crippen LogP contribution in [0.3, 0.4) is 0 Å². The fourth-order valence-corrected chi connectivity index (χ4v) is 2.78. The zero-order valence-corrected chi connectivity index (χ0v) is 12.5. The van der Waals surface area contributed by atoms with Crippen molar-refractivity contribution in [2.45, 2.75) is 40.0 Å². The van der Waals surface area contributed by atoms with Crippen LogP contribution in [0.15, 0.2) is 5.38 Å². The van der Waals surface area contributed by atoms with Gasteiger partial charge in [0.15, 0.2) is 0 Å². The van der Waals surface area contributed by atoms with Crippen molar-refractivity contribution < 1.29 is 0 Å². The van der Waals surface area contributed by atoms with Crippen LogP contribution in [0.5, 0.6) is 0 Å². The van der Waals surface area contributed by atoms with Crippen LogP contribution in [0.25, 0.3) is 0 Å². The second-order valence-electron chi connectivity index (χ2n) is 4.82. The van der Waals surface area contributed by atoms with Crippen molar-refractivity contribution in [1.29, 1.82) is 0 Å². The summed E-state index contributed by atoms with van der Waals surface area (Å²) in [4.78, 5) is 13.5. The molecule has 0 unspecified atom stereocenters. The van der Waals surface area contributed by atoms with Gasteiger partial charge in [0, 0.05) is 16.6 Å². The van der Waals surface area contributed by atoms with Gasteiger partial charge in [0.05, 0.1) is 17.1 Å². The zero-order chi connectivity index (χ0) is 14.0. The van der Waals surface area contributed by atoms with Crippen LogP contribution in [0.1, 0.15) is 47.5 Å². The molecule has 19 heavy (non-hydrogen) atoms. The lowest BCUT2D eigenvalue weighted by Gasteiger charge is -2.15. The molecule has 0 atom stereocenters. The monoisotopic (exact) mass is 277 g/mol. The van der Waals surface area contributed by atoms with E-state index in [4.69, 9.17) is 5.84 Å². The van der Waals surface area contributed by atoms with Gasteiger partial charge in [-0.15, -0.1) is 11.3 Å². The Morgan fingerprint density at radius 3 is 2.53 bits per heavy atom. The molecule has 2 aromatic heterocycles. The van der Waals surface area contributed by atoms with E-state index in [9.17, 15) is 0 Å². The number of nitrogen functional groups attached to an aromatic ring is 1. The third-order valence-corrected chi connectivity index (χ3v) is 3.72. The first kappa shape index (κ1) is 13.9. The normalized spacial score (nSPS) is 11.1. The van der Waals surface area contributed by atoms with Gasteiger partial charge < -0.3 is 5.43 Å². The Kier molecular flexibility index (Phi) is 4.11. The molecule has 0 saturated carbocycles. The molecule has 0 spiro atoms. The van der Waals surface area contributed by atoms with Gasteiger partial charge in [0.2, 0.25) is 0 Å². The van der Waals surface area contributed by atoms with E-state index in [-0.39, 0.29) is 0 Å². The highest BCUT2D eigenvalue weighted by Crippen LogP contribution is 2.25. The minimum Gasteiger partial charge on any atom is -0.308 e. The van der Waals surface area contributed by atoms with Gasteiger partial charge in [-0.2, -0.15) is 0 Å². The Bertz CT molecular complexity index is 576. The minimum absolute atomic E-state index is 0.335. The molecule has 0 aromatic carbocycles. The van der Waals surface area contributed by atoms with E-state index in [1.807, 2.05) is 19.2 Å². The summed E-state index contributed by atoms with van der Waals surface area (Å²) in [5, 5.41) is 3.10. The van der Waals surface area contributed by atoms with E-state index in [2.05, 4.69) is 34.2 Å². The number of hydrogen-bond acceptors (Lipinski definition) is 6. The van der Waals surface area contributed by atoms with Gasteiger partial charge in [-0.1, -0.05) is 13.8 Å². The van der Waals surface area contributed by atoms with Crippen molar-refractivity contribution in [3.63, 3.8) is 0 Å². The van der Waals surface area contributed by atoms with Crippen LogP contribution in [0.2, 0.25) is 0 Å². The maximum absolute atomic E-state index is 5.57. The number of aryl methyl sites for hydroxylation is 2. The van der Waals surface area contributed by atoms with E-state index in [0.29, 0.717) is 18.2 Å². The molecule has 0 fully saturated rings. The molecular formula is C13H19N5S. The maximum Gasteiger partial charge on any atom is 0.147 e. The summed E-state index contributed by atoms with van der Waals surface area (Å²) in [7, 11) is 0. The molecule has 102 valence electrons. The molecule has 0 bridgehead atoms. The first-order valence-electron chi connectivity index (χ1n) is 6.26. The number of hydrazine groups is 1. The van der Waals surface area contributed by atoms with E-state index in [0.717, 1.165) is 27.8 Å². The fourth-order valence-electron chi connectivity index (χ4n) is 2.17. The lowest BCUT2D eigenvalue weighted by molar-refractivity contribution is 0.809. The average molecular weight is 277 g/mol. The Morgan fingerprint density at radius 1 is 1.26 bits per heavy atom. The number of nitrogens with zero attached hydrogens (tertiary/aromatic N) is 3. The predicted octanol–water partition coefficient (Wildman–Crippen LogP) is 2.55.